The SMILES string of the molecule is CCc1cc2cc(C(C)=O)c(=O)oc2cc1OC(=O)/C=C(C)/C=C/C=C(C)/C=C/C1=C(C)CCCC1(C)C. The first-order valence-electron chi connectivity index (χ1n) is 13.2. The van der Waals surface area contributed by atoms with E-state index >= 15 is 0 Å². The van der Waals surface area contributed by atoms with Crippen molar-refractivity contribution in [1.29, 1.82) is 0 Å². The van der Waals surface area contributed by atoms with Crippen LogP contribution in [0.4, 0.5) is 0 Å². The third kappa shape index (κ3) is 7.18. The van der Waals surface area contributed by atoms with Crippen LogP contribution in [0.5, 0.6) is 5.75 Å². The molecule has 38 heavy (non-hydrogen) atoms. The lowest BCUT2D eigenvalue weighted by molar-refractivity contribution is -0.129. The van der Waals surface area contributed by atoms with Crippen LogP contribution in [-0.2, 0) is 11.2 Å². The first-order chi connectivity index (χ1) is 17.9. The maximum atomic E-state index is 12.6. The van der Waals surface area contributed by atoms with Crippen LogP contribution >= 0.6 is 0 Å². The van der Waals surface area contributed by atoms with E-state index in [0.717, 1.165) is 16.7 Å². The molecule has 5 nitrogen and oxygen atoms in total. The number of benzene rings is 1. The number of aryl methyl sites for hydroxylation is 1. The first-order valence-corrected chi connectivity index (χ1v) is 13.2. The van der Waals surface area contributed by atoms with E-state index in [4.69, 9.17) is 9.15 Å². The Morgan fingerprint density at radius 2 is 1.82 bits per heavy atom. The Morgan fingerprint density at radius 3 is 2.47 bits per heavy atom. The summed E-state index contributed by atoms with van der Waals surface area (Å²) in [6, 6.07) is 4.82. The van der Waals surface area contributed by atoms with Gasteiger partial charge < -0.3 is 9.15 Å². The molecule has 1 aromatic carbocycles. The van der Waals surface area contributed by atoms with Crippen molar-refractivity contribution < 1.29 is 18.7 Å². The predicted molar refractivity (Wildman–Crippen MR) is 154 cm³/mol. The third-order valence-corrected chi connectivity index (χ3v) is 7.01. The molecule has 0 amide bonds. The number of ether oxygens (including phenoxy) is 1. The number of carbonyl (C=O) groups excluding carboxylic acids is 2. The van der Waals surface area contributed by atoms with Gasteiger partial charge in [0.2, 0.25) is 0 Å². The molecule has 0 aliphatic heterocycles. The Balaban J connectivity index is 1.72. The summed E-state index contributed by atoms with van der Waals surface area (Å²) in [6.07, 6.45) is 15.8. The molecule has 0 saturated heterocycles. The molecular formula is C33H38O5. The Hall–Kier alpha value is -3.73. The summed E-state index contributed by atoms with van der Waals surface area (Å²) in [5.74, 6) is -0.552. The quantitative estimate of drug-likeness (QED) is 0.0891. The minimum absolute atomic E-state index is 0.000512. The van der Waals surface area contributed by atoms with E-state index in [-0.39, 0.29) is 22.3 Å². The van der Waals surface area contributed by atoms with E-state index in [0.29, 0.717) is 17.6 Å². The fraction of sp³-hybridized carbons (Fsp3) is 0.364. The second-order valence-corrected chi connectivity index (χ2v) is 10.7. The van der Waals surface area contributed by atoms with E-state index in [1.165, 1.54) is 55.5 Å². The van der Waals surface area contributed by atoms with Gasteiger partial charge in [-0.05, 0) is 87.6 Å². The van der Waals surface area contributed by atoms with Gasteiger partial charge in [0.25, 0.3) is 0 Å². The van der Waals surface area contributed by atoms with Crippen LogP contribution in [0.25, 0.3) is 11.0 Å². The molecule has 0 atom stereocenters. The molecule has 0 fully saturated rings. The molecule has 200 valence electrons. The van der Waals surface area contributed by atoms with Gasteiger partial charge in [0.05, 0.1) is 0 Å². The van der Waals surface area contributed by atoms with Crippen LogP contribution in [0.2, 0.25) is 0 Å². The lowest BCUT2D eigenvalue weighted by atomic mass is 9.72. The van der Waals surface area contributed by atoms with Crippen molar-refractivity contribution >= 4 is 22.7 Å². The molecule has 5 heteroatoms. The Morgan fingerprint density at radius 1 is 1.08 bits per heavy atom. The number of rotatable bonds is 8. The predicted octanol–water partition coefficient (Wildman–Crippen LogP) is 8.00. The van der Waals surface area contributed by atoms with Gasteiger partial charge in [-0.1, -0.05) is 62.3 Å². The van der Waals surface area contributed by atoms with Crippen molar-refractivity contribution in [3.05, 3.63) is 98.5 Å². The molecule has 1 aliphatic carbocycles. The van der Waals surface area contributed by atoms with E-state index in [1.807, 2.05) is 32.1 Å². The molecule has 1 heterocycles. The molecular weight excluding hydrogens is 476 g/mol. The summed E-state index contributed by atoms with van der Waals surface area (Å²) in [4.78, 5) is 36.4. The number of fused-ring (bicyclic) bond motifs is 1. The molecule has 1 aromatic heterocycles. The fourth-order valence-electron chi connectivity index (χ4n) is 4.82. The number of carbonyl (C=O) groups is 2. The highest BCUT2D eigenvalue weighted by Crippen LogP contribution is 2.40. The van der Waals surface area contributed by atoms with Crippen LogP contribution in [0.15, 0.2) is 86.2 Å². The molecule has 0 N–H and O–H groups in total. The van der Waals surface area contributed by atoms with Gasteiger partial charge in [-0.25, -0.2) is 9.59 Å². The first kappa shape index (κ1) is 28.8. The molecule has 0 saturated carbocycles. The average molecular weight is 515 g/mol. The van der Waals surface area contributed by atoms with E-state index in [9.17, 15) is 14.4 Å². The number of hydrogen-bond donors (Lipinski definition) is 0. The maximum Gasteiger partial charge on any atom is 0.347 e. The van der Waals surface area contributed by atoms with Crippen molar-refractivity contribution in [2.24, 2.45) is 5.41 Å². The largest absolute Gasteiger partial charge is 0.423 e. The van der Waals surface area contributed by atoms with Gasteiger partial charge >= 0.3 is 11.6 Å². The van der Waals surface area contributed by atoms with Gasteiger partial charge in [-0.15, -0.1) is 0 Å². The number of ketones is 1. The summed E-state index contributed by atoms with van der Waals surface area (Å²) in [5.41, 5.74) is 5.30. The third-order valence-electron chi connectivity index (χ3n) is 7.01. The Kier molecular flexibility index (Phi) is 9.26. The topological polar surface area (TPSA) is 73.6 Å². The second kappa shape index (κ2) is 12.2. The molecule has 2 aromatic rings. The summed E-state index contributed by atoms with van der Waals surface area (Å²) < 4.78 is 10.9. The Bertz CT molecular complexity index is 1450. The van der Waals surface area contributed by atoms with Crippen LogP contribution in [-0.4, -0.2) is 11.8 Å². The minimum Gasteiger partial charge on any atom is -0.423 e. The fourth-order valence-corrected chi connectivity index (χ4v) is 4.82. The van der Waals surface area contributed by atoms with Gasteiger partial charge in [0.15, 0.2) is 5.78 Å². The lowest BCUT2D eigenvalue weighted by Crippen LogP contribution is -2.19. The minimum atomic E-state index is -0.708. The number of hydrogen-bond acceptors (Lipinski definition) is 5. The highest BCUT2D eigenvalue weighted by molar-refractivity contribution is 5.97. The monoisotopic (exact) mass is 514 g/mol. The van der Waals surface area contributed by atoms with Crippen LogP contribution in [0.1, 0.15) is 83.7 Å². The summed E-state index contributed by atoms with van der Waals surface area (Å²) in [6.45, 7) is 14.0. The number of esters is 1. The van der Waals surface area contributed by atoms with Gasteiger partial charge in [0, 0.05) is 17.5 Å². The zero-order chi connectivity index (χ0) is 28.0. The zero-order valence-corrected chi connectivity index (χ0v) is 23.6. The number of Topliss-reactive ketones (excluding diaryl/α,β-unsaturated/α-hetero) is 1. The summed E-state index contributed by atoms with van der Waals surface area (Å²) in [5, 5.41) is 0.607. The van der Waals surface area contributed by atoms with Crippen molar-refractivity contribution in [3.63, 3.8) is 0 Å². The summed E-state index contributed by atoms with van der Waals surface area (Å²) in [7, 11) is 0. The molecule has 0 unspecified atom stereocenters. The highest BCUT2D eigenvalue weighted by atomic mass is 16.5. The highest BCUT2D eigenvalue weighted by Gasteiger charge is 2.26. The van der Waals surface area contributed by atoms with Crippen molar-refractivity contribution in [3.8, 4) is 5.75 Å². The van der Waals surface area contributed by atoms with Gasteiger partial charge in [-0.2, -0.15) is 0 Å². The van der Waals surface area contributed by atoms with E-state index < -0.39 is 11.6 Å². The van der Waals surface area contributed by atoms with Gasteiger partial charge in [-0.3, -0.25) is 4.79 Å². The Labute approximate surface area is 225 Å². The van der Waals surface area contributed by atoms with Crippen molar-refractivity contribution in [2.45, 2.75) is 74.1 Å². The zero-order valence-electron chi connectivity index (χ0n) is 23.6. The normalized spacial score (nSPS) is 16.6. The summed E-state index contributed by atoms with van der Waals surface area (Å²) >= 11 is 0. The maximum absolute atomic E-state index is 12.6. The van der Waals surface area contributed by atoms with Crippen LogP contribution in [0, 0.1) is 5.41 Å². The molecule has 1 aliphatic rings. The van der Waals surface area contributed by atoms with Crippen LogP contribution in [0.3, 0.4) is 0 Å². The van der Waals surface area contributed by atoms with Crippen molar-refractivity contribution in [2.75, 3.05) is 0 Å². The smallest absolute Gasteiger partial charge is 0.347 e. The number of allylic oxidation sites excluding steroid dienone is 9. The lowest BCUT2D eigenvalue weighted by Gasteiger charge is -2.32. The van der Waals surface area contributed by atoms with E-state index in [1.54, 1.807) is 6.07 Å². The van der Waals surface area contributed by atoms with Crippen molar-refractivity contribution in [1.82, 2.24) is 0 Å². The standard InChI is InChI=1S/C33H38O5/c1-8-25-18-26-19-27(24(5)34)32(36)38-30(26)20-29(25)37-31(35)17-22(3)12-9-11-21(2)14-15-28-23(4)13-10-16-33(28,6)7/h9,11-12,14-15,17-20H,8,10,13,16H2,1-7H3/b12-9+,15-14+,21-11+,22-17+. The second-order valence-electron chi connectivity index (χ2n) is 10.7. The van der Waals surface area contributed by atoms with Crippen LogP contribution < -0.4 is 10.4 Å². The van der Waals surface area contributed by atoms with Gasteiger partial charge in [0.1, 0.15) is 16.9 Å². The molecule has 0 bridgehead atoms. The average Bonchev–Trinajstić information content (AvgIpc) is 2.82. The molecule has 0 spiro atoms. The molecule has 0 radical (unpaired) electrons. The molecule has 3 rings (SSSR count). The van der Waals surface area contributed by atoms with E-state index in [2.05, 4.69) is 39.8 Å².